The normalized spacial score (nSPS) is 9.17. The molecule has 0 aromatic heterocycles. The molecule has 0 amide bonds. The molecule has 0 unspecified atom stereocenters. The third-order valence-corrected chi connectivity index (χ3v) is 1.08. The molecule has 0 aliphatic rings. The minimum absolute atomic E-state index is 0.835. The van der Waals surface area contributed by atoms with Crippen molar-refractivity contribution in [1.29, 1.82) is 0 Å². The predicted molar refractivity (Wildman–Crippen MR) is 27.6 cm³/mol. The van der Waals surface area contributed by atoms with Gasteiger partial charge < -0.3 is 0 Å². The van der Waals surface area contributed by atoms with Gasteiger partial charge in [-0.3, -0.25) is 0 Å². The maximum absolute atomic E-state index is 10.5. The van der Waals surface area contributed by atoms with Crippen LogP contribution in [0.1, 0.15) is 0 Å². The first-order valence-electron chi connectivity index (χ1n) is 2.54. The van der Waals surface area contributed by atoms with Crippen molar-refractivity contribution in [3.63, 3.8) is 0 Å². The van der Waals surface area contributed by atoms with E-state index in [0.717, 1.165) is 17.7 Å². The van der Waals surface area contributed by atoms with Gasteiger partial charge in [-0.1, -0.05) is 0 Å². The molecule has 0 heterocycles. The Bertz CT molecular complexity index is 271. The molecule has 0 N–H and O–H groups in total. The van der Waals surface area contributed by atoms with Gasteiger partial charge in [-0.15, -0.1) is 0 Å². The van der Waals surface area contributed by atoms with Gasteiger partial charge in [-0.25, -0.2) is 0 Å². The van der Waals surface area contributed by atoms with Crippen molar-refractivity contribution in [2.75, 3.05) is 0 Å². The maximum atomic E-state index is 10.5. The third kappa shape index (κ3) is 3.19. The first-order valence-corrected chi connectivity index (χ1v) is 3.39. The number of Topliss-reactive ketones (excluding diaryl/α,β-unsaturated/α-hetero) is 2. The zero-order chi connectivity index (χ0) is 9.72. The standard InChI is InChI=1S/C4HO5.Co.Li.O/c5-1-2(6)3(7)4(8)9;;;/h(H,8,9);;;/q;+1;;/p-1. The molecular formula is C4CoLiO6. The molecule has 0 saturated carbocycles. The summed E-state index contributed by atoms with van der Waals surface area (Å²) in [6.45, 7) is 0. The molecule has 12 heavy (non-hydrogen) atoms. The van der Waals surface area contributed by atoms with Crippen LogP contribution in [-0.2, 0) is 41.8 Å². The van der Waals surface area contributed by atoms with E-state index in [1.807, 2.05) is 0 Å². The van der Waals surface area contributed by atoms with Gasteiger partial charge in [0, 0.05) is 0 Å². The minimum atomic E-state index is -1.62. The van der Waals surface area contributed by atoms with Gasteiger partial charge in [0.25, 0.3) is 0 Å². The topological polar surface area (TPSA) is 94.6 Å². The molecule has 0 spiro atoms. The van der Waals surface area contributed by atoms with E-state index in [2.05, 4.69) is 3.85 Å². The fourth-order valence-corrected chi connectivity index (χ4v) is 0.484. The molecule has 0 rings (SSSR count). The molecule has 0 fully saturated rings. The molecule has 0 saturated heterocycles. The molecule has 6 nitrogen and oxygen atoms in total. The molecule has 0 aliphatic carbocycles. The summed E-state index contributed by atoms with van der Waals surface area (Å²) >= 11 is -0.180. The average molecular weight is 210 g/mol. The number of carbonyl (C=O) groups is 4. The third-order valence-electron chi connectivity index (χ3n) is 0.801. The summed E-state index contributed by atoms with van der Waals surface area (Å²) in [6, 6.07) is 0. The Morgan fingerprint density at radius 2 is 1.58 bits per heavy atom. The van der Waals surface area contributed by atoms with Crippen molar-refractivity contribution < 1.29 is 41.8 Å². The van der Waals surface area contributed by atoms with Gasteiger partial charge in [0.15, 0.2) is 0 Å². The van der Waals surface area contributed by atoms with E-state index in [-0.39, 0.29) is 0 Å². The van der Waals surface area contributed by atoms with Crippen LogP contribution in [0.2, 0.25) is 0 Å². The molecule has 0 aromatic carbocycles. The Morgan fingerprint density at radius 1 is 1.08 bits per heavy atom. The van der Waals surface area contributed by atoms with Crippen molar-refractivity contribution in [2.45, 2.75) is 0 Å². The van der Waals surface area contributed by atoms with Crippen LogP contribution in [0.25, 0.3) is 0 Å². The Morgan fingerprint density at radius 3 is 1.92 bits per heavy atom. The van der Waals surface area contributed by atoms with Crippen LogP contribution >= 0.6 is 0 Å². The monoisotopic (exact) mass is 210 g/mol. The Kier molecular flexibility index (Phi) is 4.84. The van der Waals surface area contributed by atoms with E-state index >= 15 is 0 Å². The van der Waals surface area contributed by atoms with E-state index in [1.165, 1.54) is 0 Å². The van der Waals surface area contributed by atoms with Crippen LogP contribution in [-0.4, -0.2) is 39.7 Å². The van der Waals surface area contributed by atoms with Crippen LogP contribution in [0.5, 0.6) is 0 Å². The second-order valence-corrected chi connectivity index (χ2v) is 2.01. The number of ketones is 2. The molecule has 0 aromatic rings. The first kappa shape index (κ1) is 11.4. The van der Waals surface area contributed by atoms with Gasteiger partial charge in [0.1, 0.15) is 0 Å². The molecule has 0 bridgehead atoms. The molecule has 0 radical (unpaired) electrons. The summed E-state index contributed by atoms with van der Waals surface area (Å²) in [5.41, 5.74) is 0. The van der Waals surface area contributed by atoms with Gasteiger partial charge in [-0.2, -0.15) is 0 Å². The second-order valence-electron chi connectivity index (χ2n) is 1.63. The fraction of sp³-hybridized carbons (Fsp3) is 0. The number of hydrogen-bond donors (Lipinski definition) is 0. The van der Waals surface area contributed by atoms with E-state index in [4.69, 9.17) is 0 Å². The quantitative estimate of drug-likeness (QED) is 0.294. The SMILES string of the molecule is [Li][C](=O)C(=O)C(=O)C(=O)[O][Co]=[O]. The van der Waals surface area contributed by atoms with Crippen LogP contribution in [0.3, 0.4) is 0 Å². The summed E-state index contributed by atoms with van der Waals surface area (Å²) in [6.07, 6.45) is 0. The predicted octanol–water partition coefficient (Wildman–Crippen LogP) is -2.29. The summed E-state index contributed by atoms with van der Waals surface area (Å²) < 4.78 is 12.2. The van der Waals surface area contributed by atoms with Crippen molar-refractivity contribution >= 4 is 39.7 Å². The van der Waals surface area contributed by atoms with Gasteiger partial charge >= 0.3 is 81.6 Å². The molecular weight excluding hydrogens is 210 g/mol. The van der Waals surface area contributed by atoms with Crippen LogP contribution < -0.4 is 0 Å². The number of hydrogen-bond acceptors (Lipinski definition) is 6. The summed E-state index contributed by atoms with van der Waals surface area (Å²) in [7, 11) is 0. The van der Waals surface area contributed by atoms with Crippen molar-refractivity contribution in [1.82, 2.24) is 0 Å². The molecule has 0 aliphatic heterocycles. The van der Waals surface area contributed by atoms with Gasteiger partial charge in [0.05, 0.1) is 0 Å². The van der Waals surface area contributed by atoms with Crippen molar-refractivity contribution in [2.24, 2.45) is 0 Å². The molecule has 8 heteroatoms. The van der Waals surface area contributed by atoms with E-state index < -0.39 is 36.9 Å². The van der Waals surface area contributed by atoms with Gasteiger partial charge in [0.2, 0.25) is 0 Å². The number of carbonyl (C=O) groups excluding carboxylic acids is 4. The van der Waals surface area contributed by atoms with Crippen molar-refractivity contribution in [3.8, 4) is 0 Å². The zero-order valence-electron chi connectivity index (χ0n) is 5.78. The zero-order valence-corrected chi connectivity index (χ0v) is 6.82. The second kappa shape index (κ2) is 5.10. The molecule has 62 valence electrons. The molecule has 0 atom stereocenters. The van der Waals surface area contributed by atoms with E-state index in [1.54, 1.807) is 0 Å². The summed E-state index contributed by atoms with van der Waals surface area (Å²) in [5.74, 6) is -4.71. The Hall–Kier alpha value is -0.616. The Labute approximate surface area is 81.7 Å². The number of rotatable bonds is 4. The van der Waals surface area contributed by atoms with Crippen LogP contribution in [0.4, 0.5) is 0 Å². The first-order chi connectivity index (χ1) is 5.50. The van der Waals surface area contributed by atoms with E-state index in [0.29, 0.717) is 0 Å². The fourth-order valence-electron chi connectivity index (χ4n) is 0.309. The van der Waals surface area contributed by atoms with Crippen LogP contribution in [0.15, 0.2) is 0 Å². The van der Waals surface area contributed by atoms with Crippen molar-refractivity contribution in [3.05, 3.63) is 0 Å². The average Bonchev–Trinajstić information content (AvgIpc) is 2.02. The van der Waals surface area contributed by atoms with Crippen LogP contribution in [0, 0.1) is 0 Å². The summed E-state index contributed by atoms with van der Waals surface area (Å²) in [5, 5.41) is 0. The van der Waals surface area contributed by atoms with Gasteiger partial charge in [-0.05, 0) is 0 Å². The Balaban J connectivity index is 4.40. The van der Waals surface area contributed by atoms with E-state index in [9.17, 15) is 23.0 Å². The summed E-state index contributed by atoms with van der Waals surface area (Å²) in [4.78, 5) is 41.5.